The monoisotopic (exact) mass is 476 g/mol. The van der Waals surface area contributed by atoms with Crippen LogP contribution in [0, 0.1) is 13.8 Å². The van der Waals surface area contributed by atoms with E-state index in [4.69, 9.17) is 0 Å². The molecule has 1 aromatic carbocycles. The Hall–Kier alpha value is -3.79. The van der Waals surface area contributed by atoms with Crippen LogP contribution in [0.5, 0.6) is 0 Å². The largest absolute Gasteiger partial charge is 0.325 e. The summed E-state index contributed by atoms with van der Waals surface area (Å²) in [6.07, 6.45) is 2.00. The molecule has 3 aromatic heterocycles. The number of anilines is 1. The number of carbonyl (C=O) groups is 2. The highest BCUT2D eigenvalue weighted by molar-refractivity contribution is 7.99. The molecular formula is C24H24N6O3S. The van der Waals surface area contributed by atoms with Crippen LogP contribution in [-0.2, 0) is 18.3 Å². The molecule has 0 spiro atoms. The summed E-state index contributed by atoms with van der Waals surface area (Å²) >= 11 is 1.25. The van der Waals surface area contributed by atoms with E-state index in [0.717, 1.165) is 5.56 Å². The fourth-order valence-corrected chi connectivity index (χ4v) is 4.27. The van der Waals surface area contributed by atoms with Crippen LogP contribution in [0.15, 0.2) is 52.5 Å². The van der Waals surface area contributed by atoms with Gasteiger partial charge in [0.15, 0.2) is 10.9 Å². The van der Waals surface area contributed by atoms with Gasteiger partial charge in [-0.15, -0.1) is 10.2 Å². The minimum Gasteiger partial charge on any atom is -0.325 e. The maximum absolute atomic E-state index is 13.1. The number of aryl methyl sites for hydroxylation is 2. The molecule has 0 fully saturated rings. The van der Waals surface area contributed by atoms with E-state index in [0.29, 0.717) is 39.1 Å². The molecule has 0 bridgehead atoms. The zero-order valence-electron chi connectivity index (χ0n) is 19.3. The Bertz CT molecular complexity index is 1460. The number of benzene rings is 1. The third kappa shape index (κ3) is 4.76. The first-order valence-electron chi connectivity index (χ1n) is 10.6. The van der Waals surface area contributed by atoms with Crippen molar-refractivity contribution in [1.29, 1.82) is 0 Å². The molecule has 4 aromatic rings. The lowest BCUT2D eigenvalue weighted by Crippen LogP contribution is -2.23. The molecular weight excluding hydrogens is 452 g/mol. The fraction of sp³-hybridized carbons (Fsp3) is 0.250. The molecule has 3 heterocycles. The molecule has 174 valence electrons. The molecule has 0 radical (unpaired) electrons. The maximum Gasteiger partial charge on any atom is 0.261 e. The van der Waals surface area contributed by atoms with Gasteiger partial charge in [0.2, 0.25) is 5.91 Å². The molecule has 0 saturated carbocycles. The first-order valence-corrected chi connectivity index (χ1v) is 11.6. The average molecular weight is 477 g/mol. The lowest BCUT2D eigenvalue weighted by molar-refractivity contribution is -0.113. The Balaban J connectivity index is 1.45. The Morgan fingerprint density at radius 3 is 2.53 bits per heavy atom. The second-order valence-corrected chi connectivity index (χ2v) is 8.91. The van der Waals surface area contributed by atoms with E-state index < -0.39 is 0 Å². The zero-order chi connectivity index (χ0) is 24.4. The summed E-state index contributed by atoms with van der Waals surface area (Å²) in [5.74, 6) is 0.517. The van der Waals surface area contributed by atoms with Crippen molar-refractivity contribution in [2.75, 3.05) is 11.1 Å². The van der Waals surface area contributed by atoms with Gasteiger partial charge in [-0.3, -0.25) is 18.8 Å². The zero-order valence-corrected chi connectivity index (χ0v) is 20.1. The molecule has 9 nitrogen and oxygen atoms in total. The summed E-state index contributed by atoms with van der Waals surface area (Å²) < 4.78 is 3.33. The Kier molecular flexibility index (Phi) is 6.60. The number of pyridine rings is 1. The number of hydrogen-bond donors (Lipinski definition) is 1. The van der Waals surface area contributed by atoms with Crippen LogP contribution < -0.4 is 10.9 Å². The van der Waals surface area contributed by atoms with Gasteiger partial charge in [-0.2, -0.15) is 0 Å². The molecule has 0 saturated heterocycles. The van der Waals surface area contributed by atoms with E-state index in [1.165, 1.54) is 18.7 Å². The minimum atomic E-state index is -0.201. The van der Waals surface area contributed by atoms with Gasteiger partial charge in [-0.25, -0.2) is 4.98 Å². The summed E-state index contributed by atoms with van der Waals surface area (Å²) in [6.45, 7) is 5.24. The number of ketones is 1. The molecule has 0 aliphatic heterocycles. The van der Waals surface area contributed by atoms with Crippen molar-refractivity contribution in [2.45, 2.75) is 32.3 Å². The normalized spacial score (nSPS) is 11.1. The minimum absolute atomic E-state index is 0.0287. The number of hydrogen-bond acceptors (Lipinski definition) is 7. The Morgan fingerprint density at radius 2 is 1.82 bits per heavy atom. The molecule has 1 N–H and O–H groups in total. The number of thioether (sulfide) groups is 1. The van der Waals surface area contributed by atoms with Crippen LogP contribution >= 0.6 is 11.8 Å². The van der Waals surface area contributed by atoms with Crippen LogP contribution in [0.25, 0.3) is 5.65 Å². The van der Waals surface area contributed by atoms with Crippen LogP contribution in [0.4, 0.5) is 5.69 Å². The lowest BCUT2D eigenvalue weighted by atomic mass is 10.1. The highest BCUT2D eigenvalue weighted by Gasteiger charge is 2.17. The van der Waals surface area contributed by atoms with Crippen LogP contribution in [0.2, 0.25) is 0 Å². The number of aromatic nitrogens is 5. The Labute approximate surface area is 200 Å². The van der Waals surface area contributed by atoms with Gasteiger partial charge < -0.3 is 9.88 Å². The smallest absolute Gasteiger partial charge is 0.261 e. The van der Waals surface area contributed by atoms with Gasteiger partial charge in [0.1, 0.15) is 11.5 Å². The van der Waals surface area contributed by atoms with E-state index >= 15 is 0 Å². The third-order valence-corrected chi connectivity index (χ3v) is 6.54. The molecule has 1 amide bonds. The predicted octanol–water partition coefficient (Wildman–Crippen LogP) is 2.96. The number of fused-ring (bicyclic) bond motifs is 1. The molecule has 34 heavy (non-hydrogen) atoms. The molecule has 0 unspecified atom stereocenters. The van der Waals surface area contributed by atoms with Crippen LogP contribution in [-0.4, -0.2) is 41.6 Å². The predicted molar refractivity (Wildman–Crippen MR) is 131 cm³/mol. The lowest BCUT2D eigenvalue weighted by Gasteiger charge is -2.09. The van der Waals surface area contributed by atoms with Crippen molar-refractivity contribution in [3.8, 4) is 0 Å². The van der Waals surface area contributed by atoms with E-state index in [9.17, 15) is 14.4 Å². The van der Waals surface area contributed by atoms with Gasteiger partial charge in [0.05, 0.1) is 5.75 Å². The van der Waals surface area contributed by atoms with Gasteiger partial charge in [0, 0.05) is 42.2 Å². The first-order chi connectivity index (χ1) is 16.2. The van der Waals surface area contributed by atoms with E-state index in [2.05, 4.69) is 20.5 Å². The van der Waals surface area contributed by atoms with Crippen molar-refractivity contribution in [3.63, 3.8) is 0 Å². The van der Waals surface area contributed by atoms with E-state index in [1.807, 2.05) is 33.0 Å². The molecule has 0 aliphatic carbocycles. The number of Topliss-reactive ketones (excluding diaryl/α,β-unsaturated/α-hetero) is 1. The number of nitrogens with zero attached hydrogens (tertiary/aromatic N) is 5. The van der Waals surface area contributed by atoms with Crippen molar-refractivity contribution in [2.24, 2.45) is 7.05 Å². The third-order valence-electron chi connectivity index (χ3n) is 5.52. The topological polar surface area (TPSA) is 111 Å². The maximum atomic E-state index is 13.1. The highest BCUT2D eigenvalue weighted by atomic mass is 32.2. The van der Waals surface area contributed by atoms with E-state index in [-0.39, 0.29) is 29.4 Å². The Morgan fingerprint density at radius 1 is 1.09 bits per heavy atom. The first kappa shape index (κ1) is 23.4. The van der Waals surface area contributed by atoms with Crippen molar-refractivity contribution in [3.05, 3.63) is 81.2 Å². The number of nitrogens with one attached hydrogen (secondary N) is 1. The highest BCUT2D eigenvalue weighted by Crippen LogP contribution is 2.19. The second-order valence-electron chi connectivity index (χ2n) is 7.97. The summed E-state index contributed by atoms with van der Waals surface area (Å²) in [5, 5.41) is 11.8. The number of carbonyl (C=O) groups excluding carboxylic acids is 2. The van der Waals surface area contributed by atoms with E-state index in [1.54, 1.807) is 39.4 Å². The van der Waals surface area contributed by atoms with Crippen molar-refractivity contribution in [1.82, 2.24) is 24.1 Å². The molecule has 10 heteroatoms. The summed E-state index contributed by atoms with van der Waals surface area (Å²) in [4.78, 5) is 41.4. The van der Waals surface area contributed by atoms with Crippen LogP contribution in [0.1, 0.15) is 39.9 Å². The quantitative estimate of drug-likeness (QED) is 0.322. The second kappa shape index (κ2) is 9.60. The van der Waals surface area contributed by atoms with Crippen LogP contribution in [0.3, 0.4) is 0 Å². The van der Waals surface area contributed by atoms with Crippen molar-refractivity contribution < 1.29 is 9.59 Å². The summed E-state index contributed by atoms with van der Waals surface area (Å²) in [7, 11) is 1.81. The number of rotatable bonds is 7. The molecule has 4 rings (SSSR count). The van der Waals surface area contributed by atoms with Gasteiger partial charge in [0.25, 0.3) is 5.56 Å². The summed E-state index contributed by atoms with van der Waals surface area (Å²) in [5.41, 5.74) is 3.87. The molecule has 0 atom stereocenters. The van der Waals surface area contributed by atoms with Crippen molar-refractivity contribution >= 4 is 34.8 Å². The van der Waals surface area contributed by atoms with Gasteiger partial charge in [-0.1, -0.05) is 17.8 Å². The van der Waals surface area contributed by atoms with Gasteiger partial charge in [-0.05, 0) is 56.7 Å². The fourth-order valence-electron chi connectivity index (χ4n) is 3.54. The number of amides is 1. The SMILES string of the molecule is CC(=O)c1ccc(NC(=O)CSc2nnc(Cc3c(C)nc4c(C)cccn4c3=O)n2C)cc1. The average Bonchev–Trinajstić information content (AvgIpc) is 3.15. The standard InChI is InChI=1S/C24H24N6O3S/c1-14-6-5-11-30-22(14)25-15(2)19(23(30)33)12-20-27-28-24(29(20)4)34-13-21(32)26-18-9-7-17(8-10-18)16(3)31/h5-11H,12-13H2,1-4H3,(H,26,32). The summed E-state index contributed by atoms with van der Waals surface area (Å²) in [6, 6.07) is 10.5. The molecule has 0 aliphatic rings. The van der Waals surface area contributed by atoms with Gasteiger partial charge >= 0.3 is 0 Å².